The molecule has 0 spiro atoms. The van der Waals surface area contributed by atoms with Crippen molar-refractivity contribution in [3.05, 3.63) is 24.3 Å². The molecule has 15 heavy (non-hydrogen) atoms. The molecule has 5 nitrogen and oxygen atoms in total. The number of hydrogen-bond acceptors (Lipinski definition) is 5. The zero-order valence-electron chi connectivity index (χ0n) is 8.68. The van der Waals surface area contributed by atoms with Crippen molar-refractivity contribution < 1.29 is 8.42 Å². The Morgan fingerprint density at radius 2 is 2.20 bits per heavy atom. The molecule has 0 aliphatic heterocycles. The fourth-order valence-electron chi connectivity index (χ4n) is 1.10. The average molecular weight is 229 g/mol. The largest absolute Gasteiger partial charge is 0.311 e. The second-order valence-electron chi connectivity index (χ2n) is 3.36. The third-order valence-corrected chi connectivity index (χ3v) is 2.82. The van der Waals surface area contributed by atoms with Crippen molar-refractivity contribution in [1.29, 1.82) is 0 Å². The number of nitrogens with one attached hydrogen (secondary N) is 1. The van der Waals surface area contributed by atoms with Gasteiger partial charge in [-0.2, -0.15) is 0 Å². The Labute approximate surface area is 89.9 Å². The van der Waals surface area contributed by atoms with E-state index in [0.717, 1.165) is 5.69 Å². The lowest BCUT2D eigenvalue weighted by Gasteiger charge is -2.02. The van der Waals surface area contributed by atoms with E-state index in [1.165, 1.54) is 6.26 Å². The summed E-state index contributed by atoms with van der Waals surface area (Å²) in [5.74, 6) is 0.223. The molecule has 0 radical (unpaired) electrons. The van der Waals surface area contributed by atoms with Crippen LogP contribution in [0, 0.1) is 0 Å². The normalized spacial score (nSPS) is 11.5. The first-order chi connectivity index (χ1) is 7.08. The minimum atomic E-state index is -2.84. The van der Waals surface area contributed by atoms with Crippen LogP contribution in [-0.2, 0) is 16.4 Å². The van der Waals surface area contributed by atoms with Gasteiger partial charge in [0.15, 0.2) is 0 Å². The average Bonchev–Trinajstić information content (AvgIpc) is 2.17. The minimum Gasteiger partial charge on any atom is -0.311 e. The van der Waals surface area contributed by atoms with Gasteiger partial charge in [-0.05, 0) is 13.0 Å². The van der Waals surface area contributed by atoms with Crippen molar-refractivity contribution in [1.82, 2.24) is 15.3 Å². The SMILES string of the molecule is CS(=O)(=O)CCCNCc1cnccn1. The van der Waals surface area contributed by atoms with E-state index in [9.17, 15) is 8.42 Å². The van der Waals surface area contributed by atoms with Crippen LogP contribution in [0.1, 0.15) is 12.1 Å². The van der Waals surface area contributed by atoms with Crippen LogP contribution in [0.15, 0.2) is 18.6 Å². The predicted octanol–water partition coefficient (Wildman–Crippen LogP) is 0.000900. The Hall–Kier alpha value is -1.01. The summed E-state index contributed by atoms with van der Waals surface area (Å²) in [5, 5.41) is 3.11. The molecule has 0 atom stereocenters. The Bertz CT molecular complexity index is 378. The van der Waals surface area contributed by atoms with Gasteiger partial charge in [-0.15, -0.1) is 0 Å². The van der Waals surface area contributed by atoms with Crippen LogP contribution in [0.4, 0.5) is 0 Å². The number of aromatic nitrogens is 2. The van der Waals surface area contributed by atoms with Crippen LogP contribution in [0.5, 0.6) is 0 Å². The molecule has 1 heterocycles. The van der Waals surface area contributed by atoms with Gasteiger partial charge in [-0.25, -0.2) is 8.42 Å². The standard InChI is InChI=1S/C9H15N3O2S/c1-15(13,14)6-2-3-10-7-9-8-11-4-5-12-9/h4-5,8,10H,2-3,6-7H2,1H3. The number of sulfone groups is 1. The molecule has 0 fully saturated rings. The first-order valence-corrected chi connectivity index (χ1v) is 6.77. The van der Waals surface area contributed by atoms with E-state index in [0.29, 0.717) is 19.5 Å². The summed E-state index contributed by atoms with van der Waals surface area (Å²) in [6.07, 6.45) is 6.80. The van der Waals surface area contributed by atoms with Gasteiger partial charge in [0, 0.05) is 31.4 Å². The Morgan fingerprint density at radius 3 is 2.80 bits per heavy atom. The highest BCUT2D eigenvalue weighted by atomic mass is 32.2. The van der Waals surface area contributed by atoms with Crippen LogP contribution in [0.25, 0.3) is 0 Å². The van der Waals surface area contributed by atoms with Gasteiger partial charge in [0.05, 0.1) is 11.4 Å². The molecule has 0 aliphatic rings. The molecule has 84 valence electrons. The monoisotopic (exact) mass is 229 g/mol. The first-order valence-electron chi connectivity index (χ1n) is 4.71. The maximum atomic E-state index is 10.8. The third-order valence-electron chi connectivity index (χ3n) is 1.79. The van der Waals surface area contributed by atoms with Crippen molar-refractivity contribution in [2.75, 3.05) is 18.6 Å². The van der Waals surface area contributed by atoms with E-state index in [1.54, 1.807) is 18.6 Å². The van der Waals surface area contributed by atoms with Gasteiger partial charge in [0.25, 0.3) is 0 Å². The van der Waals surface area contributed by atoms with Crippen LogP contribution >= 0.6 is 0 Å². The van der Waals surface area contributed by atoms with Crippen molar-refractivity contribution in [2.24, 2.45) is 0 Å². The highest BCUT2D eigenvalue weighted by Crippen LogP contribution is 1.90. The van der Waals surface area contributed by atoms with Gasteiger partial charge >= 0.3 is 0 Å². The molecule has 0 unspecified atom stereocenters. The molecule has 0 aromatic carbocycles. The van der Waals surface area contributed by atoms with Crippen molar-refractivity contribution in [3.8, 4) is 0 Å². The lowest BCUT2D eigenvalue weighted by atomic mass is 10.4. The van der Waals surface area contributed by atoms with Crippen LogP contribution in [0.3, 0.4) is 0 Å². The van der Waals surface area contributed by atoms with E-state index >= 15 is 0 Å². The first kappa shape index (κ1) is 12.1. The van der Waals surface area contributed by atoms with Crippen molar-refractivity contribution in [2.45, 2.75) is 13.0 Å². The summed E-state index contributed by atoms with van der Waals surface area (Å²) >= 11 is 0. The second kappa shape index (κ2) is 5.77. The van der Waals surface area contributed by atoms with Crippen LogP contribution in [0.2, 0.25) is 0 Å². The van der Waals surface area contributed by atoms with E-state index in [2.05, 4.69) is 15.3 Å². The molecule has 0 saturated carbocycles. The predicted molar refractivity (Wildman–Crippen MR) is 58.1 cm³/mol. The molecular formula is C9H15N3O2S. The van der Waals surface area contributed by atoms with Gasteiger partial charge in [0.2, 0.25) is 0 Å². The van der Waals surface area contributed by atoms with E-state index in [4.69, 9.17) is 0 Å². The third kappa shape index (κ3) is 6.14. The molecule has 1 aromatic rings. The molecule has 0 amide bonds. The van der Waals surface area contributed by atoms with Crippen LogP contribution in [-0.4, -0.2) is 36.9 Å². The molecule has 6 heteroatoms. The van der Waals surface area contributed by atoms with E-state index in [1.807, 2.05) is 0 Å². The second-order valence-corrected chi connectivity index (χ2v) is 5.62. The molecule has 0 saturated heterocycles. The summed E-state index contributed by atoms with van der Waals surface area (Å²) in [7, 11) is -2.84. The number of hydrogen-bond donors (Lipinski definition) is 1. The molecule has 1 rings (SSSR count). The Morgan fingerprint density at radius 1 is 1.40 bits per heavy atom. The molecular weight excluding hydrogens is 214 g/mol. The number of rotatable bonds is 6. The summed E-state index contributed by atoms with van der Waals surface area (Å²) in [5.41, 5.74) is 0.858. The Balaban J connectivity index is 2.13. The fraction of sp³-hybridized carbons (Fsp3) is 0.556. The molecule has 1 N–H and O–H groups in total. The maximum absolute atomic E-state index is 10.8. The quantitative estimate of drug-likeness (QED) is 0.695. The van der Waals surface area contributed by atoms with Crippen LogP contribution < -0.4 is 5.32 Å². The topological polar surface area (TPSA) is 72.0 Å². The summed E-state index contributed by atoms with van der Waals surface area (Å²) in [6.45, 7) is 1.29. The van der Waals surface area contributed by atoms with Gasteiger partial charge < -0.3 is 5.32 Å². The maximum Gasteiger partial charge on any atom is 0.147 e. The minimum absolute atomic E-state index is 0.223. The number of nitrogens with zero attached hydrogens (tertiary/aromatic N) is 2. The molecule has 0 aliphatic carbocycles. The van der Waals surface area contributed by atoms with E-state index < -0.39 is 9.84 Å². The lowest BCUT2D eigenvalue weighted by Crippen LogP contribution is -2.18. The highest BCUT2D eigenvalue weighted by Gasteiger charge is 2.00. The van der Waals surface area contributed by atoms with Crippen molar-refractivity contribution >= 4 is 9.84 Å². The molecule has 0 bridgehead atoms. The smallest absolute Gasteiger partial charge is 0.147 e. The summed E-state index contributed by atoms with van der Waals surface area (Å²) < 4.78 is 21.6. The molecule has 1 aromatic heterocycles. The Kier molecular flexibility index (Phi) is 4.64. The van der Waals surface area contributed by atoms with Gasteiger partial charge in [-0.3, -0.25) is 9.97 Å². The van der Waals surface area contributed by atoms with Crippen molar-refractivity contribution in [3.63, 3.8) is 0 Å². The summed E-state index contributed by atoms with van der Waals surface area (Å²) in [6, 6.07) is 0. The highest BCUT2D eigenvalue weighted by molar-refractivity contribution is 7.90. The lowest BCUT2D eigenvalue weighted by molar-refractivity contribution is 0.593. The zero-order chi connectivity index (χ0) is 11.1. The van der Waals surface area contributed by atoms with E-state index in [-0.39, 0.29) is 5.75 Å². The zero-order valence-corrected chi connectivity index (χ0v) is 9.50. The van der Waals surface area contributed by atoms with Gasteiger partial charge in [-0.1, -0.05) is 0 Å². The van der Waals surface area contributed by atoms with Gasteiger partial charge in [0.1, 0.15) is 9.84 Å². The fourth-order valence-corrected chi connectivity index (χ4v) is 1.77. The summed E-state index contributed by atoms with van der Waals surface area (Å²) in [4.78, 5) is 8.01.